The SMILES string of the molecule is Cc1ccccc1OCC(=O)OCCOc1ccc(S(=O)(=O)N(C)C)cc1. The van der Waals surface area contributed by atoms with E-state index < -0.39 is 16.0 Å². The lowest BCUT2D eigenvalue weighted by atomic mass is 10.2. The summed E-state index contributed by atoms with van der Waals surface area (Å²) in [5, 5.41) is 0. The molecule has 2 aromatic rings. The lowest BCUT2D eigenvalue weighted by Gasteiger charge is -2.12. The van der Waals surface area contributed by atoms with E-state index in [0.717, 1.165) is 9.87 Å². The van der Waals surface area contributed by atoms with E-state index in [1.165, 1.54) is 26.2 Å². The van der Waals surface area contributed by atoms with Crippen molar-refractivity contribution in [3.63, 3.8) is 0 Å². The van der Waals surface area contributed by atoms with Crippen LogP contribution in [0.5, 0.6) is 11.5 Å². The normalized spacial score (nSPS) is 11.3. The van der Waals surface area contributed by atoms with E-state index in [1.807, 2.05) is 25.1 Å². The summed E-state index contributed by atoms with van der Waals surface area (Å²) in [5.41, 5.74) is 0.938. The quantitative estimate of drug-likeness (QED) is 0.480. The Morgan fingerprint density at radius 1 is 0.963 bits per heavy atom. The molecule has 7 nitrogen and oxygen atoms in total. The minimum Gasteiger partial charge on any atom is -0.490 e. The number of ether oxygens (including phenoxy) is 3. The molecule has 0 aliphatic carbocycles. The number of carbonyl (C=O) groups is 1. The minimum absolute atomic E-state index is 0.0632. The molecule has 0 unspecified atom stereocenters. The third-order valence-electron chi connectivity index (χ3n) is 3.66. The van der Waals surface area contributed by atoms with Gasteiger partial charge in [-0.15, -0.1) is 0 Å². The number of esters is 1. The third-order valence-corrected chi connectivity index (χ3v) is 5.49. The van der Waals surface area contributed by atoms with Crippen molar-refractivity contribution in [2.45, 2.75) is 11.8 Å². The zero-order valence-electron chi connectivity index (χ0n) is 15.5. The average Bonchev–Trinajstić information content (AvgIpc) is 2.65. The van der Waals surface area contributed by atoms with Crippen LogP contribution in [-0.4, -0.2) is 52.6 Å². The van der Waals surface area contributed by atoms with E-state index in [0.29, 0.717) is 11.5 Å². The molecule has 146 valence electrons. The van der Waals surface area contributed by atoms with Crippen molar-refractivity contribution in [2.24, 2.45) is 0 Å². The van der Waals surface area contributed by atoms with Crippen LogP contribution in [0.2, 0.25) is 0 Å². The predicted molar refractivity (Wildman–Crippen MR) is 100 cm³/mol. The highest BCUT2D eigenvalue weighted by Gasteiger charge is 2.16. The summed E-state index contributed by atoms with van der Waals surface area (Å²) in [4.78, 5) is 11.9. The van der Waals surface area contributed by atoms with Gasteiger partial charge in [0, 0.05) is 14.1 Å². The van der Waals surface area contributed by atoms with Gasteiger partial charge in [-0.2, -0.15) is 0 Å². The Bertz CT molecular complexity index is 862. The molecule has 0 aromatic heterocycles. The lowest BCUT2D eigenvalue weighted by molar-refractivity contribution is -0.146. The van der Waals surface area contributed by atoms with Crippen molar-refractivity contribution in [3.05, 3.63) is 54.1 Å². The summed E-state index contributed by atoms with van der Waals surface area (Å²) >= 11 is 0. The maximum Gasteiger partial charge on any atom is 0.344 e. The maximum absolute atomic E-state index is 12.0. The Labute approximate surface area is 159 Å². The first-order chi connectivity index (χ1) is 12.8. The fourth-order valence-corrected chi connectivity index (χ4v) is 3.03. The molecule has 0 heterocycles. The third kappa shape index (κ3) is 5.97. The lowest BCUT2D eigenvalue weighted by Crippen LogP contribution is -2.22. The highest BCUT2D eigenvalue weighted by molar-refractivity contribution is 7.89. The fourth-order valence-electron chi connectivity index (χ4n) is 2.13. The van der Waals surface area contributed by atoms with E-state index in [2.05, 4.69) is 0 Å². The monoisotopic (exact) mass is 393 g/mol. The molecule has 8 heteroatoms. The summed E-state index contributed by atoms with van der Waals surface area (Å²) < 4.78 is 41.0. The largest absolute Gasteiger partial charge is 0.490 e. The van der Waals surface area contributed by atoms with Gasteiger partial charge in [0.15, 0.2) is 6.61 Å². The molecule has 0 N–H and O–H groups in total. The number of rotatable bonds is 9. The molecule has 0 amide bonds. The van der Waals surface area contributed by atoms with Gasteiger partial charge in [-0.25, -0.2) is 17.5 Å². The average molecular weight is 393 g/mol. The summed E-state index contributed by atoms with van der Waals surface area (Å²) in [6.45, 7) is 1.93. The zero-order chi connectivity index (χ0) is 19.9. The van der Waals surface area contributed by atoms with Crippen molar-refractivity contribution in [1.82, 2.24) is 4.31 Å². The van der Waals surface area contributed by atoms with E-state index in [1.54, 1.807) is 18.2 Å². The summed E-state index contributed by atoms with van der Waals surface area (Å²) in [6, 6.07) is 13.4. The first-order valence-corrected chi connectivity index (χ1v) is 9.74. The smallest absolute Gasteiger partial charge is 0.344 e. The van der Waals surface area contributed by atoms with Gasteiger partial charge >= 0.3 is 5.97 Å². The number of nitrogens with zero attached hydrogens (tertiary/aromatic N) is 1. The van der Waals surface area contributed by atoms with Crippen LogP contribution in [0.3, 0.4) is 0 Å². The molecule has 0 fully saturated rings. The number of aryl methyl sites for hydroxylation is 1. The van der Waals surface area contributed by atoms with Crippen LogP contribution in [0.4, 0.5) is 0 Å². The van der Waals surface area contributed by atoms with Gasteiger partial charge < -0.3 is 14.2 Å². The molecule has 0 bridgehead atoms. The molecule has 27 heavy (non-hydrogen) atoms. The number of carbonyl (C=O) groups excluding carboxylic acids is 1. The van der Waals surface area contributed by atoms with Gasteiger partial charge in [0.05, 0.1) is 4.90 Å². The molecular formula is C19H23NO6S. The summed E-state index contributed by atoms with van der Waals surface area (Å²) in [7, 11) is -0.530. The molecular weight excluding hydrogens is 370 g/mol. The van der Waals surface area contributed by atoms with Crippen LogP contribution in [0, 0.1) is 6.92 Å². The Kier molecular flexibility index (Phi) is 7.20. The highest BCUT2D eigenvalue weighted by Crippen LogP contribution is 2.18. The summed E-state index contributed by atoms with van der Waals surface area (Å²) in [5.74, 6) is 0.632. The second-order valence-corrected chi connectivity index (χ2v) is 8.03. The first kappa shape index (κ1) is 20.7. The van der Waals surface area contributed by atoms with Gasteiger partial charge in [0.25, 0.3) is 0 Å². The summed E-state index contributed by atoms with van der Waals surface area (Å²) in [6.07, 6.45) is 0. The van der Waals surface area contributed by atoms with Gasteiger partial charge in [-0.05, 0) is 42.8 Å². The minimum atomic E-state index is -3.47. The molecule has 2 rings (SSSR count). The molecule has 0 atom stereocenters. The highest BCUT2D eigenvalue weighted by atomic mass is 32.2. The van der Waals surface area contributed by atoms with E-state index >= 15 is 0 Å². The van der Waals surface area contributed by atoms with E-state index in [-0.39, 0.29) is 24.7 Å². The first-order valence-electron chi connectivity index (χ1n) is 8.30. The zero-order valence-corrected chi connectivity index (χ0v) is 16.4. The van der Waals surface area contributed by atoms with Gasteiger partial charge in [0.2, 0.25) is 10.0 Å². The molecule has 2 aromatic carbocycles. The standard InChI is InChI=1S/C19H23NO6S/c1-15-6-4-5-7-18(15)26-14-19(21)25-13-12-24-16-8-10-17(11-9-16)27(22,23)20(2)3/h4-11H,12-14H2,1-3H3. The van der Waals surface area contributed by atoms with Crippen LogP contribution >= 0.6 is 0 Å². The van der Waals surface area contributed by atoms with E-state index in [9.17, 15) is 13.2 Å². The molecule has 0 saturated carbocycles. The Balaban J connectivity index is 1.72. The van der Waals surface area contributed by atoms with Crippen LogP contribution in [0.25, 0.3) is 0 Å². The molecule has 0 aliphatic rings. The Morgan fingerprint density at radius 2 is 1.63 bits per heavy atom. The van der Waals surface area contributed by atoms with Crippen LogP contribution in [-0.2, 0) is 19.6 Å². The van der Waals surface area contributed by atoms with Crippen molar-refractivity contribution >= 4 is 16.0 Å². The van der Waals surface area contributed by atoms with E-state index in [4.69, 9.17) is 14.2 Å². The molecule has 0 saturated heterocycles. The second kappa shape index (κ2) is 9.38. The van der Waals surface area contributed by atoms with Gasteiger partial charge in [-0.1, -0.05) is 18.2 Å². The van der Waals surface area contributed by atoms with Crippen LogP contribution < -0.4 is 9.47 Å². The van der Waals surface area contributed by atoms with Crippen molar-refractivity contribution < 1.29 is 27.4 Å². The molecule has 0 radical (unpaired) electrons. The number of hydrogen-bond acceptors (Lipinski definition) is 6. The van der Waals surface area contributed by atoms with Crippen molar-refractivity contribution in [3.8, 4) is 11.5 Å². The Morgan fingerprint density at radius 3 is 2.26 bits per heavy atom. The second-order valence-electron chi connectivity index (χ2n) is 5.88. The van der Waals surface area contributed by atoms with Crippen molar-refractivity contribution in [1.29, 1.82) is 0 Å². The predicted octanol–water partition coefficient (Wildman–Crippen LogP) is 2.25. The number of hydrogen-bond donors (Lipinski definition) is 0. The molecule has 0 aliphatic heterocycles. The topological polar surface area (TPSA) is 82.1 Å². The van der Waals surface area contributed by atoms with Crippen molar-refractivity contribution in [2.75, 3.05) is 33.9 Å². The fraction of sp³-hybridized carbons (Fsp3) is 0.316. The number of para-hydroxylation sites is 1. The van der Waals surface area contributed by atoms with Crippen LogP contribution in [0.15, 0.2) is 53.4 Å². The van der Waals surface area contributed by atoms with Crippen LogP contribution in [0.1, 0.15) is 5.56 Å². The number of sulfonamides is 1. The Hall–Kier alpha value is -2.58. The number of benzene rings is 2. The maximum atomic E-state index is 12.0. The van der Waals surface area contributed by atoms with Gasteiger partial charge in [-0.3, -0.25) is 0 Å². The van der Waals surface area contributed by atoms with Gasteiger partial charge in [0.1, 0.15) is 24.7 Å². The molecule has 0 spiro atoms.